The fourth-order valence-corrected chi connectivity index (χ4v) is 9.91. The Kier molecular flexibility index (Phi) is 19.6. The molecule has 3 amide bonds. The molecule has 70 heavy (non-hydrogen) atoms. The van der Waals surface area contributed by atoms with Gasteiger partial charge in [0, 0.05) is 54.7 Å². The third-order valence-electron chi connectivity index (χ3n) is 12.5. The second kappa shape index (κ2) is 25.5. The average molecular weight is 1010 g/mol. The molecule has 0 saturated carbocycles. The van der Waals surface area contributed by atoms with Crippen molar-refractivity contribution in [2.24, 2.45) is 5.73 Å². The Bertz CT molecular complexity index is 2810. The zero-order chi connectivity index (χ0) is 50.5. The number of benzene rings is 5. The van der Waals surface area contributed by atoms with Crippen molar-refractivity contribution in [2.45, 2.75) is 105 Å². The lowest BCUT2D eigenvalue weighted by Crippen LogP contribution is -2.48. The Morgan fingerprint density at radius 3 is 2.30 bits per heavy atom. The Hall–Kier alpha value is -5.57. The molecule has 0 spiro atoms. The zero-order valence-corrected chi connectivity index (χ0v) is 43.9. The minimum Gasteiger partial charge on any atom is -0.492 e. The van der Waals surface area contributed by atoms with E-state index in [0.29, 0.717) is 59.7 Å². The van der Waals surface area contributed by atoms with Crippen molar-refractivity contribution >= 4 is 62.7 Å². The molecule has 1 aromatic heterocycles. The second-order valence-electron chi connectivity index (χ2n) is 17.4. The van der Waals surface area contributed by atoms with Crippen molar-refractivity contribution in [3.8, 4) is 11.4 Å². The molecule has 6 aromatic rings. The smallest absolute Gasteiger partial charge is 0.276 e. The molecule has 0 radical (unpaired) electrons. The maximum Gasteiger partial charge on any atom is 0.276 e. The molecule has 0 bridgehead atoms. The number of aromatic nitrogens is 2. The molecule has 12 nitrogen and oxygen atoms in total. The SMILES string of the molecule is CC.CCCCN(Cc1ccc(Cl)c(C)c1)C(=O)c1nn(-c2ccc(C(=O)NS(=O)c3ccc4cccc(OCCN(CCC)CCC)c4c3)cc2C(=O)N2Cc3ccccc3CC2CN)c(C)c1Cl. The molecule has 0 saturated heterocycles. The first-order valence-electron chi connectivity index (χ1n) is 24.5. The van der Waals surface area contributed by atoms with Crippen molar-refractivity contribution in [1.82, 2.24) is 29.2 Å². The highest BCUT2D eigenvalue weighted by molar-refractivity contribution is 7.83. The largest absolute Gasteiger partial charge is 0.492 e. The van der Waals surface area contributed by atoms with Crippen LogP contribution in [0.5, 0.6) is 5.75 Å². The van der Waals surface area contributed by atoms with Crippen LogP contribution >= 0.6 is 23.2 Å². The van der Waals surface area contributed by atoms with Gasteiger partial charge in [-0.1, -0.05) is 119 Å². The summed E-state index contributed by atoms with van der Waals surface area (Å²) in [6, 6.07) is 29.1. The number of nitrogens with zero attached hydrogens (tertiary/aromatic N) is 5. The van der Waals surface area contributed by atoms with E-state index < -0.39 is 22.8 Å². The van der Waals surface area contributed by atoms with Crippen LogP contribution in [0.4, 0.5) is 0 Å². The van der Waals surface area contributed by atoms with Gasteiger partial charge in [0.15, 0.2) is 16.7 Å². The number of nitrogens with one attached hydrogen (secondary N) is 1. The van der Waals surface area contributed by atoms with E-state index in [2.05, 4.69) is 30.4 Å². The average Bonchev–Trinajstić information content (AvgIpc) is 3.67. The maximum absolute atomic E-state index is 15.0. The van der Waals surface area contributed by atoms with Crippen LogP contribution in [0.2, 0.25) is 10.0 Å². The molecule has 15 heteroatoms. The molecular formula is C55H67Cl2N7O5S. The fourth-order valence-electron chi connectivity index (χ4n) is 8.77. The number of carbonyl (C=O) groups excluding carboxylic acids is 3. The molecule has 2 atom stereocenters. The third-order valence-corrected chi connectivity index (χ3v) is 14.4. The normalized spacial score (nSPS) is 13.6. The maximum atomic E-state index is 15.0. The number of fused-ring (bicyclic) bond motifs is 2. The summed E-state index contributed by atoms with van der Waals surface area (Å²) in [5.74, 6) is -0.746. The number of rotatable bonds is 20. The highest BCUT2D eigenvalue weighted by atomic mass is 35.5. The number of nitrogens with two attached hydrogens (primary N) is 1. The molecule has 0 fully saturated rings. The highest BCUT2D eigenvalue weighted by Crippen LogP contribution is 2.32. The second-order valence-corrected chi connectivity index (χ2v) is 19.4. The number of halogens is 2. The van der Waals surface area contributed by atoms with E-state index in [0.717, 1.165) is 78.3 Å². The molecule has 372 valence electrons. The van der Waals surface area contributed by atoms with E-state index in [1.807, 2.05) is 87.5 Å². The number of aryl methyl sites for hydroxylation is 1. The van der Waals surface area contributed by atoms with Crippen molar-refractivity contribution in [1.29, 1.82) is 0 Å². The van der Waals surface area contributed by atoms with E-state index in [9.17, 15) is 13.8 Å². The standard InChI is InChI=1S/C53H61Cl2N7O5S.C2H6/c1-6-9-25-60(33-37-17-21-46(54)35(4)28-37)53(65)50-49(55)36(5)62(57-50)47-22-19-40(30-45(47)52(64)61-34-41-14-11-10-13-39(41)29-42(61)32-56)51(63)58-68(66)43-20-18-38-15-12-16-48(44(38)31-43)67-27-26-59(23-7-2)24-8-3;1-2/h10-22,28,30-31,42H,6-9,23-27,29,32-34,56H2,1-5H3,(H,58,63);1-2H3. The van der Waals surface area contributed by atoms with Crippen LogP contribution in [0.1, 0.15) is 119 Å². The van der Waals surface area contributed by atoms with Crippen LogP contribution in [-0.2, 0) is 30.5 Å². The Balaban J connectivity index is 0.00000397. The minimum absolute atomic E-state index is 0.0345. The van der Waals surface area contributed by atoms with Gasteiger partial charge >= 0.3 is 0 Å². The lowest BCUT2D eigenvalue weighted by molar-refractivity contribution is 0.0647. The van der Waals surface area contributed by atoms with Gasteiger partial charge in [-0.3, -0.25) is 24.0 Å². The molecule has 2 unspecified atom stereocenters. The van der Waals surface area contributed by atoms with Crippen molar-refractivity contribution in [2.75, 3.05) is 39.3 Å². The van der Waals surface area contributed by atoms with E-state index in [1.54, 1.807) is 41.0 Å². The predicted molar refractivity (Wildman–Crippen MR) is 284 cm³/mol. The molecule has 3 N–H and O–H groups in total. The lowest BCUT2D eigenvalue weighted by atomic mass is 9.93. The first-order valence-corrected chi connectivity index (χ1v) is 26.4. The topological polar surface area (TPSA) is 143 Å². The predicted octanol–water partition coefficient (Wildman–Crippen LogP) is 10.9. The van der Waals surface area contributed by atoms with Gasteiger partial charge in [0.2, 0.25) is 0 Å². The molecule has 0 aliphatic carbocycles. The van der Waals surface area contributed by atoms with Crippen LogP contribution in [0.25, 0.3) is 16.5 Å². The molecule has 1 aliphatic heterocycles. The van der Waals surface area contributed by atoms with Crippen molar-refractivity contribution in [3.05, 3.63) is 152 Å². The monoisotopic (exact) mass is 1010 g/mol. The van der Waals surface area contributed by atoms with Crippen LogP contribution in [0, 0.1) is 13.8 Å². The summed E-state index contributed by atoms with van der Waals surface area (Å²) in [5.41, 5.74) is 11.2. The zero-order valence-electron chi connectivity index (χ0n) is 41.5. The van der Waals surface area contributed by atoms with Gasteiger partial charge in [0.1, 0.15) is 12.4 Å². The summed E-state index contributed by atoms with van der Waals surface area (Å²) in [4.78, 5) is 49.8. The van der Waals surface area contributed by atoms with Gasteiger partial charge in [-0.15, -0.1) is 0 Å². The highest BCUT2D eigenvalue weighted by Gasteiger charge is 2.33. The third kappa shape index (κ3) is 12.7. The van der Waals surface area contributed by atoms with Crippen LogP contribution in [-0.4, -0.2) is 91.8 Å². The fraction of sp³-hybridized carbons (Fsp3) is 0.382. The number of hydrogen-bond acceptors (Lipinski definition) is 8. The summed E-state index contributed by atoms with van der Waals surface area (Å²) in [7, 11) is -1.98. The molecule has 7 rings (SSSR count). The lowest BCUT2D eigenvalue weighted by Gasteiger charge is -2.36. The van der Waals surface area contributed by atoms with E-state index in [4.69, 9.17) is 38.8 Å². The Morgan fingerprint density at radius 1 is 0.857 bits per heavy atom. The Morgan fingerprint density at radius 2 is 1.60 bits per heavy atom. The summed E-state index contributed by atoms with van der Waals surface area (Å²) in [6.45, 7) is 18.6. The van der Waals surface area contributed by atoms with E-state index >= 15 is 4.79 Å². The summed E-state index contributed by atoms with van der Waals surface area (Å²) >= 11 is 13.3. The number of carbonyl (C=O) groups is 3. The number of hydrogen-bond donors (Lipinski definition) is 2. The number of unbranched alkanes of at least 4 members (excludes halogenated alkanes) is 1. The molecule has 5 aromatic carbocycles. The first kappa shape index (κ1) is 53.8. The van der Waals surface area contributed by atoms with Crippen LogP contribution in [0.3, 0.4) is 0 Å². The van der Waals surface area contributed by atoms with Gasteiger partial charge in [-0.05, 0) is 123 Å². The van der Waals surface area contributed by atoms with Gasteiger partial charge < -0.3 is 20.3 Å². The number of ether oxygens (including phenoxy) is 1. The molecule has 1 aliphatic rings. The minimum atomic E-state index is -1.98. The van der Waals surface area contributed by atoms with Gasteiger partial charge in [0.05, 0.1) is 26.9 Å². The van der Waals surface area contributed by atoms with Gasteiger partial charge in [-0.2, -0.15) is 5.10 Å². The van der Waals surface area contributed by atoms with E-state index in [-0.39, 0.29) is 40.3 Å². The van der Waals surface area contributed by atoms with Crippen LogP contribution in [0.15, 0.2) is 102 Å². The first-order chi connectivity index (χ1) is 33.8. The molecular weight excluding hydrogens is 942 g/mol. The summed E-state index contributed by atoms with van der Waals surface area (Å²) < 4.78 is 24.4. The van der Waals surface area contributed by atoms with Gasteiger partial charge in [0.25, 0.3) is 17.7 Å². The van der Waals surface area contributed by atoms with Crippen molar-refractivity contribution in [3.63, 3.8) is 0 Å². The summed E-state index contributed by atoms with van der Waals surface area (Å²) in [5, 5.41) is 7.27. The van der Waals surface area contributed by atoms with Crippen molar-refractivity contribution < 1.29 is 23.3 Å². The van der Waals surface area contributed by atoms with E-state index in [1.165, 1.54) is 10.7 Å². The number of amides is 3. The van der Waals surface area contributed by atoms with Gasteiger partial charge in [-0.25, -0.2) is 8.89 Å². The molecule has 2 heterocycles. The Labute approximate surface area is 426 Å². The quantitative estimate of drug-likeness (QED) is 0.0770. The summed E-state index contributed by atoms with van der Waals surface area (Å²) in [6.07, 6.45) is 4.30. The van der Waals surface area contributed by atoms with Crippen LogP contribution < -0.4 is 15.2 Å².